The summed E-state index contributed by atoms with van der Waals surface area (Å²) in [4.78, 5) is 34.1. The number of rotatable bonds is 9. The number of nitrogens with zero attached hydrogens (tertiary/aromatic N) is 1. The number of carbonyl (C=O) groups excluding carboxylic acids is 2. The van der Waals surface area contributed by atoms with E-state index in [0.29, 0.717) is 17.9 Å². The van der Waals surface area contributed by atoms with Gasteiger partial charge >= 0.3 is 5.97 Å². The van der Waals surface area contributed by atoms with Crippen LogP contribution in [0.4, 0.5) is 11.4 Å². The first-order valence-corrected chi connectivity index (χ1v) is 8.63. The van der Waals surface area contributed by atoms with Crippen molar-refractivity contribution in [3.8, 4) is 5.75 Å². The van der Waals surface area contributed by atoms with Gasteiger partial charge in [0.1, 0.15) is 12.4 Å². The molecule has 2 rings (SSSR count). The number of nitro groups is 1. The Morgan fingerprint density at radius 2 is 1.93 bits per heavy atom. The van der Waals surface area contributed by atoms with E-state index in [0.717, 1.165) is 5.56 Å². The van der Waals surface area contributed by atoms with Crippen molar-refractivity contribution in [2.75, 3.05) is 18.5 Å². The van der Waals surface area contributed by atoms with E-state index in [4.69, 9.17) is 9.47 Å². The van der Waals surface area contributed by atoms with Gasteiger partial charge in [0, 0.05) is 12.1 Å². The summed E-state index contributed by atoms with van der Waals surface area (Å²) in [5.41, 5.74) is 1.25. The number of ether oxygens (including phenoxy) is 2. The van der Waals surface area contributed by atoms with Crippen LogP contribution in [-0.2, 0) is 14.3 Å². The fourth-order valence-corrected chi connectivity index (χ4v) is 2.32. The van der Waals surface area contributed by atoms with E-state index in [1.165, 1.54) is 31.2 Å². The van der Waals surface area contributed by atoms with Crippen LogP contribution in [0.3, 0.4) is 0 Å². The molecule has 0 radical (unpaired) electrons. The van der Waals surface area contributed by atoms with Crippen molar-refractivity contribution in [1.82, 2.24) is 0 Å². The predicted octanol–water partition coefficient (Wildman–Crippen LogP) is 3.66. The Labute approximate surface area is 167 Å². The molecule has 0 unspecified atom stereocenters. The van der Waals surface area contributed by atoms with Gasteiger partial charge in [-0.15, -0.1) is 0 Å². The largest absolute Gasteiger partial charge is 0.490 e. The third-order valence-corrected chi connectivity index (χ3v) is 3.78. The molecule has 0 saturated heterocycles. The highest BCUT2D eigenvalue weighted by atomic mass is 16.6. The normalized spacial score (nSPS) is 10.4. The summed E-state index contributed by atoms with van der Waals surface area (Å²) in [5.74, 6) is -0.611. The molecule has 0 aromatic heterocycles. The highest BCUT2D eigenvalue weighted by Gasteiger charge is 2.15. The quantitative estimate of drug-likeness (QED) is 0.228. The van der Waals surface area contributed by atoms with Crippen LogP contribution in [0.15, 0.2) is 61.2 Å². The molecule has 8 heteroatoms. The molecule has 0 bridgehead atoms. The van der Waals surface area contributed by atoms with Crippen molar-refractivity contribution in [2.45, 2.75) is 6.92 Å². The molecule has 2 aromatic rings. The molecule has 0 aliphatic rings. The van der Waals surface area contributed by atoms with Gasteiger partial charge in [0.15, 0.2) is 6.61 Å². The van der Waals surface area contributed by atoms with E-state index in [1.54, 1.807) is 36.4 Å². The van der Waals surface area contributed by atoms with Crippen LogP contribution in [0.25, 0.3) is 6.08 Å². The van der Waals surface area contributed by atoms with Gasteiger partial charge in [-0.1, -0.05) is 30.9 Å². The predicted molar refractivity (Wildman–Crippen MR) is 109 cm³/mol. The van der Waals surface area contributed by atoms with Crippen molar-refractivity contribution in [1.29, 1.82) is 0 Å². The van der Waals surface area contributed by atoms with Crippen molar-refractivity contribution in [3.05, 3.63) is 82.4 Å². The molecule has 2 aromatic carbocycles. The summed E-state index contributed by atoms with van der Waals surface area (Å²) in [7, 11) is 0. The number of amides is 1. The Balaban J connectivity index is 1.85. The van der Waals surface area contributed by atoms with Gasteiger partial charge in [0.2, 0.25) is 0 Å². The molecule has 0 heterocycles. The molecule has 8 nitrogen and oxygen atoms in total. The lowest BCUT2D eigenvalue weighted by Crippen LogP contribution is -2.20. The summed E-state index contributed by atoms with van der Waals surface area (Å²) in [6.45, 7) is 4.98. The van der Waals surface area contributed by atoms with Gasteiger partial charge in [-0.05, 0) is 36.8 Å². The van der Waals surface area contributed by atoms with Crippen LogP contribution in [0.5, 0.6) is 5.75 Å². The maximum atomic E-state index is 11.9. The Kier molecular flexibility index (Phi) is 7.67. The van der Waals surface area contributed by atoms with Gasteiger partial charge in [-0.2, -0.15) is 0 Å². The molecule has 0 saturated carbocycles. The number of nitro benzene ring substituents is 1. The lowest BCUT2D eigenvalue weighted by atomic mass is 10.1. The van der Waals surface area contributed by atoms with E-state index in [9.17, 15) is 19.7 Å². The SMILES string of the molecule is C=CCOc1ccc(/C=C/C(=O)OCC(=O)Nc2cccc([N+](=O)[O-])c2C)cc1. The Morgan fingerprint density at radius 1 is 1.21 bits per heavy atom. The van der Waals surface area contributed by atoms with Crippen molar-refractivity contribution in [2.24, 2.45) is 0 Å². The minimum absolute atomic E-state index is 0.108. The van der Waals surface area contributed by atoms with E-state index in [2.05, 4.69) is 11.9 Å². The number of carbonyl (C=O) groups is 2. The molecule has 1 N–H and O–H groups in total. The number of anilines is 1. The van der Waals surface area contributed by atoms with Crippen LogP contribution < -0.4 is 10.1 Å². The summed E-state index contributed by atoms with van der Waals surface area (Å²) < 4.78 is 10.2. The summed E-state index contributed by atoms with van der Waals surface area (Å²) in [6.07, 6.45) is 4.38. The zero-order valence-corrected chi connectivity index (χ0v) is 15.8. The number of esters is 1. The van der Waals surface area contributed by atoms with Crippen molar-refractivity contribution < 1.29 is 24.0 Å². The van der Waals surface area contributed by atoms with E-state index < -0.39 is 23.4 Å². The second-order valence-corrected chi connectivity index (χ2v) is 5.86. The topological polar surface area (TPSA) is 108 Å². The van der Waals surface area contributed by atoms with E-state index in [1.807, 2.05) is 0 Å². The minimum Gasteiger partial charge on any atom is -0.490 e. The highest BCUT2D eigenvalue weighted by molar-refractivity contribution is 5.95. The fourth-order valence-electron chi connectivity index (χ4n) is 2.32. The van der Waals surface area contributed by atoms with E-state index in [-0.39, 0.29) is 11.4 Å². The van der Waals surface area contributed by atoms with Crippen LogP contribution in [0, 0.1) is 17.0 Å². The second kappa shape index (κ2) is 10.4. The van der Waals surface area contributed by atoms with Crippen LogP contribution in [-0.4, -0.2) is 30.0 Å². The Hall–Kier alpha value is -3.94. The molecule has 150 valence electrons. The maximum absolute atomic E-state index is 11.9. The van der Waals surface area contributed by atoms with Gasteiger partial charge in [0.05, 0.1) is 16.2 Å². The monoisotopic (exact) mass is 396 g/mol. The van der Waals surface area contributed by atoms with Gasteiger partial charge in [0.25, 0.3) is 11.6 Å². The average Bonchev–Trinajstić information content (AvgIpc) is 2.71. The number of hydrogen-bond donors (Lipinski definition) is 1. The number of benzene rings is 2. The van der Waals surface area contributed by atoms with Gasteiger partial charge < -0.3 is 14.8 Å². The van der Waals surface area contributed by atoms with Crippen molar-refractivity contribution >= 4 is 29.3 Å². The Morgan fingerprint density at radius 3 is 2.59 bits per heavy atom. The molecule has 0 spiro atoms. The highest BCUT2D eigenvalue weighted by Crippen LogP contribution is 2.24. The first kappa shape index (κ1) is 21.4. The first-order chi connectivity index (χ1) is 13.9. The molecule has 0 aliphatic heterocycles. The van der Waals surface area contributed by atoms with Gasteiger partial charge in [-0.25, -0.2) is 4.79 Å². The lowest BCUT2D eigenvalue weighted by Gasteiger charge is -2.08. The zero-order chi connectivity index (χ0) is 21.2. The van der Waals surface area contributed by atoms with Crippen LogP contribution in [0.1, 0.15) is 11.1 Å². The van der Waals surface area contributed by atoms with Gasteiger partial charge in [-0.3, -0.25) is 14.9 Å². The molecule has 0 atom stereocenters. The standard InChI is InChI=1S/C21H20N2O6/c1-3-13-28-17-10-7-16(8-11-17)9-12-21(25)29-14-20(24)22-18-5-4-6-19(15(18)2)23(26)27/h3-12H,1,13-14H2,2H3,(H,22,24)/b12-9+. The molecule has 29 heavy (non-hydrogen) atoms. The van der Waals surface area contributed by atoms with Crippen LogP contribution in [0.2, 0.25) is 0 Å². The van der Waals surface area contributed by atoms with E-state index >= 15 is 0 Å². The smallest absolute Gasteiger partial charge is 0.331 e. The first-order valence-electron chi connectivity index (χ1n) is 8.63. The number of hydrogen-bond acceptors (Lipinski definition) is 6. The fraction of sp³-hybridized carbons (Fsp3) is 0.143. The second-order valence-electron chi connectivity index (χ2n) is 5.86. The van der Waals surface area contributed by atoms with Crippen LogP contribution >= 0.6 is 0 Å². The third-order valence-electron chi connectivity index (χ3n) is 3.78. The maximum Gasteiger partial charge on any atom is 0.331 e. The average molecular weight is 396 g/mol. The lowest BCUT2D eigenvalue weighted by molar-refractivity contribution is -0.385. The Bertz CT molecular complexity index is 935. The molecular weight excluding hydrogens is 376 g/mol. The molecule has 0 fully saturated rings. The third kappa shape index (κ3) is 6.62. The molecule has 0 aliphatic carbocycles. The molecule has 1 amide bonds. The summed E-state index contributed by atoms with van der Waals surface area (Å²) in [6, 6.07) is 11.4. The zero-order valence-electron chi connectivity index (χ0n) is 15.8. The molecular formula is C21H20N2O6. The van der Waals surface area contributed by atoms with Crippen molar-refractivity contribution in [3.63, 3.8) is 0 Å². The summed E-state index contributed by atoms with van der Waals surface area (Å²) in [5, 5.41) is 13.4. The minimum atomic E-state index is -0.692. The number of nitrogens with one attached hydrogen (secondary N) is 1. The summed E-state index contributed by atoms with van der Waals surface area (Å²) >= 11 is 0.